The lowest BCUT2D eigenvalue weighted by atomic mass is 9.93. The van der Waals surface area contributed by atoms with Gasteiger partial charge in [0.2, 0.25) is 11.7 Å². The molecule has 0 amide bonds. The minimum Gasteiger partial charge on any atom is -0.392 e. The Labute approximate surface area is 111 Å². The van der Waals surface area contributed by atoms with Crippen LogP contribution >= 0.6 is 0 Å². The molecule has 1 atom stereocenters. The van der Waals surface area contributed by atoms with E-state index in [2.05, 4.69) is 10.1 Å². The Morgan fingerprint density at radius 2 is 2.26 bits per heavy atom. The quantitative estimate of drug-likeness (QED) is 0.830. The molecule has 0 spiro atoms. The first-order chi connectivity index (χ1) is 9.20. The molecular formula is C12H17N3O4. The number of aliphatic hydroxyl groups is 1. The zero-order valence-electron chi connectivity index (χ0n) is 10.8. The van der Waals surface area contributed by atoms with Crippen molar-refractivity contribution in [3.63, 3.8) is 0 Å². The van der Waals surface area contributed by atoms with Gasteiger partial charge in [-0.3, -0.25) is 0 Å². The number of hydrogen-bond acceptors (Lipinski definition) is 7. The van der Waals surface area contributed by atoms with Gasteiger partial charge in [-0.05, 0) is 0 Å². The van der Waals surface area contributed by atoms with Crippen LogP contribution < -0.4 is 0 Å². The monoisotopic (exact) mass is 267 g/mol. The lowest BCUT2D eigenvalue weighted by Crippen LogP contribution is -2.36. The van der Waals surface area contributed by atoms with Crippen molar-refractivity contribution in [1.82, 2.24) is 10.1 Å². The second-order valence-electron chi connectivity index (χ2n) is 4.54. The molecule has 7 heteroatoms. The van der Waals surface area contributed by atoms with Crippen LogP contribution in [0.15, 0.2) is 4.52 Å². The Bertz CT molecular complexity index is 448. The number of methoxy groups -OCH3 is 1. The maximum atomic E-state index is 9.54. The van der Waals surface area contributed by atoms with Crippen molar-refractivity contribution in [2.75, 3.05) is 20.3 Å². The van der Waals surface area contributed by atoms with Gasteiger partial charge in [-0.25, -0.2) is 0 Å². The van der Waals surface area contributed by atoms with E-state index in [1.807, 2.05) is 6.07 Å². The predicted molar refractivity (Wildman–Crippen MR) is 63.0 cm³/mol. The van der Waals surface area contributed by atoms with Gasteiger partial charge in [-0.1, -0.05) is 5.16 Å². The summed E-state index contributed by atoms with van der Waals surface area (Å²) in [6, 6.07) is 1.90. The van der Waals surface area contributed by atoms with E-state index >= 15 is 0 Å². The molecule has 7 nitrogen and oxygen atoms in total. The van der Waals surface area contributed by atoms with Crippen LogP contribution in [0.2, 0.25) is 0 Å². The van der Waals surface area contributed by atoms with Crippen molar-refractivity contribution in [2.24, 2.45) is 0 Å². The SMILES string of the molecule is COC1(c2noc(CC(O)CC#N)n2)CCOCC1. The molecular weight excluding hydrogens is 250 g/mol. The Morgan fingerprint density at radius 3 is 2.89 bits per heavy atom. The zero-order valence-corrected chi connectivity index (χ0v) is 10.8. The molecule has 2 heterocycles. The normalized spacial score (nSPS) is 19.8. The van der Waals surface area contributed by atoms with Gasteiger partial charge in [0.05, 0.1) is 25.0 Å². The van der Waals surface area contributed by atoms with Crippen LogP contribution in [0.5, 0.6) is 0 Å². The summed E-state index contributed by atoms with van der Waals surface area (Å²) in [5, 5.41) is 22.0. The molecule has 0 aromatic carbocycles. The summed E-state index contributed by atoms with van der Waals surface area (Å²) in [6.45, 7) is 1.18. The highest BCUT2D eigenvalue weighted by Crippen LogP contribution is 2.33. The van der Waals surface area contributed by atoms with Crippen molar-refractivity contribution in [3.8, 4) is 6.07 Å². The van der Waals surface area contributed by atoms with Gasteiger partial charge >= 0.3 is 0 Å². The zero-order chi connectivity index (χ0) is 13.7. The number of nitrogens with zero attached hydrogens (tertiary/aromatic N) is 3. The first kappa shape index (κ1) is 13.9. The van der Waals surface area contributed by atoms with Gasteiger partial charge in [0.1, 0.15) is 5.60 Å². The van der Waals surface area contributed by atoms with Gasteiger partial charge < -0.3 is 19.1 Å². The summed E-state index contributed by atoms with van der Waals surface area (Å²) in [4.78, 5) is 4.27. The van der Waals surface area contributed by atoms with Crippen molar-refractivity contribution in [3.05, 3.63) is 11.7 Å². The van der Waals surface area contributed by atoms with E-state index in [1.54, 1.807) is 7.11 Å². The van der Waals surface area contributed by atoms with E-state index in [4.69, 9.17) is 19.3 Å². The fraction of sp³-hybridized carbons (Fsp3) is 0.750. The fourth-order valence-corrected chi connectivity index (χ4v) is 2.12. The minimum absolute atomic E-state index is 0.0426. The summed E-state index contributed by atoms with van der Waals surface area (Å²) in [5.74, 6) is 0.804. The fourth-order valence-electron chi connectivity index (χ4n) is 2.12. The molecule has 2 rings (SSSR count). The summed E-state index contributed by atoms with van der Waals surface area (Å²) in [7, 11) is 1.62. The first-order valence-corrected chi connectivity index (χ1v) is 6.21. The van der Waals surface area contributed by atoms with Crippen molar-refractivity contribution >= 4 is 0 Å². The number of hydrogen-bond donors (Lipinski definition) is 1. The average Bonchev–Trinajstić information content (AvgIpc) is 2.89. The maximum absolute atomic E-state index is 9.54. The molecule has 104 valence electrons. The predicted octanol–water partition coefficient (Wildman–Crippen LogP) is 0.539. The Kier molecular flexibility index (Phi) is 4.47. The number of aliphatic hydroxyl groups excluding tert-OH is 1. The van der Waals surface area contributed by atoms with E-state index in [0.29, 0.717) is 37.8 Å². The van der Waals surface area contributed by atoms with Crippen LogP contribution in [0.3, 0.4) is 0 Å². The number of rotatable bonds is 5. The van der Waals surface area contributed by atoms with Crippen LogP contribution in [0.1, 0.15) is 31.0 Å². The summed E-state index contributed by atoms with van der Waals surface area (Å²) in [6.07, 6.45) is 0.774. The standard InChI is InChI=1S/C12H17N3O4/c1-17-12(3-6-18-7-4-12)11-14-10(19-15-11)8-9(16)2-5-13/h9,16H,2-4,6-8H2,1H3. The van der Waals surface area contributed by atoms with Crippen molar-refractivity contribution < 1.29 is 19.1 Å². The second kappa shape index (κ2) is 6.10. The van der Waals surface area contributed by atoms with E-state index in [9.17, 15) is 5.11 Å². The van der Waals surface area contributed by atoms with Crippen molar-refractivity contribution in [2.45, 2.75) is 37.4 Å². The largest absolute Gasteiger partial charge is 0.392 e. The van der Waals surface area contributed by atoms with Gasteiger partial charge in [0.25, 0.3) is 0 Å². The molecule has 1 aliphatic rings. The molecule has 1 unspecified atom stereocenters. The highest BCUT2D eigenvalue weighted by Gasteiger charge is 2.39. The van der Waals surface area contributed by atoms with Crippen LogP contribution in [0.4, 0.5) is 0 Å². The molecule has 19 heavy (non-hydrogen) atoms. The van der Waals surface area contributed by atoms with E-state index in [-0.39, 0.29) is 12.8 Å². The third kappa shape index (κ3) is 3.10. The number of nitriles is 1. The van der Waals surface area contributed by atoms with E-state index in [0.717, 1.165) is 0 Å². The molecule has 1 aliphatic heterocycles. The first-order valence-electron chi connectivity index (χ1n) is 6.21. The molecule has 0 bridgehead atoms. The topological polar surface area (TPSA) is 101 Å². The molecule has 1 aromatic rings. The second-order valence-corrected chi connectivity index (χ2v) is 4.54. The lowest BCUT2D eigenvalue weighted by molar-refractivity contribution is -0.101. The summed E-state index contributed by atoms with van der Waals surface area (Å²) in [5.41, 5.74) is -0.569. The average molecular weight is 267 g/mol. The molecule has 0 saturated carbocycles. The van der Waals surface area contributed by atoms with Crippen LogP contribution in [-0.4, -0.2) is 41.7 Å². The van der Waals surface area contributed by atoms with Crippen LogP contribution in [-0.2, 0) is 21.5 Å². The highest BCUT2D eigenvalue weighted by molar-refractivity contribution is 5.03. The Balaban J connectivity index is 2.09. The molecule has 1 fully saturated rings. The van der Waals surface area contributed by atoms with Crippen LogP contribution in [0, 0.1) is 11.3 Å². The smallest absolute Gasteiger partial charge is 0.229 e. The van der Waals surface area contributed by atoms with E-state index in [1.165, 1.54) is 0 Å². The maximum Gasteiger partial charge on any atom is 0.229 e. The minimum atomic E-state index is -0.786. The van der Waals surface area contributed by atoms with Gasteiger partial charge in [0.15, 0.2) is 0 Å². The Morgan fingerprint density at radius 1 is 1.53 bits per heavy atom. The van der Waals surface area contributed by atoms with Crippen LogP contribution in [0.25, 0.3) is 0 Å². The van der Waals surface area contributed by atoms with Gasteiger partial charge in [0, 0.05) is 33.2 Å². The summed E-state index contributed by atoms with van der Waals surface area (Å²) < 4.78 is 16.0. The summed E-state index contributed by atoms with van der Waals surface area (Å²) >= 11 is 0. The third-order valence-corrected chi connectivity index (χ3v) is 3.30. The molecule has 1 N–H and O–H groups in total. The molecule has 1 aromatic heterocycles. The molecule has 1 saturated heterocycles. The van der Waals surface area contributed by atoms with Crippen molar-refractivity contribution in [1.29, 1.82) is 5.26 Å². The highest BCUT2D eigenvalue weighted by atomic mass is 16.5. The third-order valence-electron chi connectivity index (χ3n) is 3.30. The molecule has 0 aliphatic carbocycles. The Hall–Kier alpha value is -1.49. The van der Waals surface area contributed by atoms with Gasteiger partial charge in [-0.2, -0.15) is 10.2 Å². The lowest BCUT2D eigenvalue weighted by Gasteiger charge is -2.32. The number of ether oxygens (including phenoxy) is 2. The van der Waals surface area contributed by atoms with Gasteiger partial charge in [-0.15, -0.1) is 0 Å². The number of aromatic nitrogens is 2. The van der Waals surface area contributed by atoms with E-state index < -0.39 is 11.7 Å². The molecule has 0 radical (unpaired) electrons.